The van der Waals surface area contributed by atoms with Gasteiger partial charge in [-0.25, -0.2) is 0 Å². The number of hydrogen-bond donors (Lipinski definition) is 0. The van der Waals surface area contributed by atoms with Crippen molar-refractivity contribution in [2.45, 2.75) is 23.1 Å². The lowest BCUT2D eigenvalue weighted by atomic mass is 10.2. The molecule has 1 saturated heterocycles. The normalized spacial score (nSPS) is 16.9. The third-order valence-electron chi connectivity index (χ3n) is 4.42. The molecule has 1 fully saturated rings. The van der Waals surface area contributed by atoms with Gasteiger partial charge in [0.2, 0.25) is 0 Å². The molecule has 0 radical (unpaired) electrons. The van der Waals surface area contributed by atoms with Gasteiger partial charge in [-0.1, -0.05) is 46.9 Å². The van der Waals surface area contributed by atoms with Crippen LogP contribution in [0, 0.1) is 0 Å². The molecule has 4 nitrogen and oxygen atoms in total. The minimum absolute atomic E-state index is 0.116. The Morgan fingerprint density at radius 2 is 1.86 bits per heavy atom. The monoisotopic (exact) mass is 505 g/mol. The van der Waals surface area contributed by atoms with E-state index in [2.05, 4.69) is 22.6 Å². The largest absolute Gasteiger partial charge is 0.488 e. The molecular weight excluding hydrogens is 486 g/mol. The molecule has 2 aromatic carbocycles. The average molecular weight is 505 g/mol. The third-order valence-corrected chi connectivity index (χ3v) is 5.30. The van der Waals surface area contributed by atoms with Crippen molar-refractivity contribution in [2.24, 2.45) is 0 Å². The number of amides is 1. The van der Waals surface area contributed by atoms with E-state index in [1.54, 1.807) is 4.90 Å². The second-order valence-corrected chi connectivity index (χ2v) is 7.19. The number of carbonyl (C=O) groups excluding carboxylic acids is 1. The van der Waals surface area contributed by atoms with Gasteiger partial charge in [0.05, 0.1) is 12.1 Å². The maximum atomic E-state index is 13.1. The zero-order chi connectivity index (χ0) is 20.1. The van der Waals surface area contributed by atoms with E-state index >= 15 is 0 Å². The molecule has 1 atom stereocenters. The Labute approximate surface area is 174 Å². The minimum atomic E-state index is -4.48. The van der Waals surface area contributed by atoms with Crippen molar-refractivity contribution in [3.63, 3.8) is 0 Å². The fourth-order valence-electron chi connectivity index (χ4n) is 2.95. The number of halogens is 4. The van der Waals surface area contributed by atoms with E-state index in [-0.39, 0.29) is 24.8 Å². The fourth-order valence-corrected chi connectivity index (χ4v) is 3.45. The molecule has 1 aliphatic heterocycles. The van der Waals surface area contributed by atoms with E-state index < -0.39 is 17.8 Å². The van der Waals surface area contributed by atoms with Gasteiger partial charge in [-0.05, 0) is 29.8 Å². The molecule has 0 saturated carbocycles. The standard InChI is InChI=1S/C20H19F3INO3/c21-20(22,23)17-3-1-2-4-18(17)28-16-9-10-25(12-16)19(26)13-27-15-7-5-14(11-24)6-8-15/h1-8,16H,9-13H2. The first kappa shape index (κ1) is 20.8. The Bertz CT molecular complexity index is 811. The lowest BCUT2D eigenvalue weighted by molar-refractivity contribution is -0.139. The van der Waals surface area contributed by atoms with Gasteiger partial charge in [-0.15, -0.1) is 0 Å². The first-order valence-electron chi connectivity index (χ1n) is 8.75. The summed E-state index contributed by atoms with van der Waals surface area (Å²) in [5, 5.41) is 0. The molecule has 1 amide bonds. The molecule has 1 heterocycles. The van der Waals surface area contributed by atoms with Gasteiger partial charge in [0.15, 0.2) is 6.61 Å². The number of likely N-dealkylation sites (tertiary alicyclic amines) is 1. The summed E-state index contributed by atoms with van der Waals surface area (Å²) in [5.74, 6) is 0.183. The second-order valence-electron chi connectivity index (χ2n) is 6.43. The number of rotatable bonds is 6. The van der Waals surface area contributed by atoms with Gasteiger partial charge in [0.25, 0.3) is 5.91 Å². The molecule has 1 aliphatic rings. The zero-order valence-electron chi connectivity index (χ0n) is 14.9. The minimum Gasteiger partial charge on any atom is -0.488 e. The van der Waals surface area contributed by atoms with Gasteiger partial charge in [0.1, 0.15) is 17.6 Å². The van der Waals surface area contributed by atoms with Gasteiger partial charge in [-0.2, -0.15) is 13.2 Å². The van der Waals surface area contributed by atoms with Crippen LogP contribution in [-0.4, -0.2) is 36.6 Å². The van der Waals surface area contributed by atoms with Crippen LogP contribution in [0.15, 0.2) is 48.5 Å². The van der Waals surface area contributed by atoms with Crippen LogP contribution in [0.2, 0.25) is 0 Å². The van der Waals surface area contributed by atoms with E-state index in [9.17, 15) is 18.0 Å². The quantitative estimate of drug-likeness (QED) is 0.422. The molecule has 0 spiro atoms. The van der Waals surface area contributed by atoms with Crippen LogP contribution in [0.25, 0.3) is 0 Å². The van der Waals surface area contributed by atoms with Crippen LogP contribution in [0.5, 0.6) is 11.5 Å². The number of alkyl halides is 4. The summed E-state index contributed by atoms with van der Waals surface area (Å²) in [5.41, 5.74) is 0.357. The molecule has 28 heavy (non-hydrogen) atoms. The van der Waals surface area contributed by atoms with Crippen molar-refractivity contribution in [1.82, 2.24) is 4.90 Å². The first-order chi connectivity index (χ1) is 13.4. The van der Waals surface area contributed by atoms with Gasteiger partial charge in [0, 0.05) is 17.4 Å². The third kappa shape index (κ3) is 5.30. The van der Waals surface area contributed by atoms with Crippen molar-refractivity contribution in [3.8, 4) is 11.5 Å². The molecule has 3 rings (SSSR count). The lowest BCUT2D eigenvalue weighted by Crippen LogP contribution is -2.34. The molecule has 0 aromatic heterocycles. The molecule has 8 heteroatoms. The highest BCUT2D eigenvalue weighted by Crippen LogP contribution is 2.36. The second kappa shape index (κ2) is 9.02. The van der Waals surface area contributed by atoms with E-state index in [0.717, 1.165) is 16.1 Å². The highest BCUT2D eigenvalue weighted by molar-refractivity contribution is 14.1. The van der Waals surface area contributed by atoms with Gasteiger partial charge in [-0.3, -0.25) is 4.79 Å². The molecule has 2 aromatic rings. The summed E-state index contributed by atoms with van der Waals surface area (Å²) in [6.45, 7) is 0.548. The number of hydrogen-bond acceptors (Lipinski definition) is 3. The molecule has 150 valence electrons. The van der Waals surface area contributed by atoms with Crippen molar-refractivity contribution < 1.29 is 27.4 Å². The van der Waals surface area contributed by atoms with Crippen LogP contribution in [0.4, 0.5) is 13.2 Å². The van der Waals surface area contributed by atoms with E-state index in [0.29, 0.717) is 18.7 Å². The maximum Gasteiger partial charge on any atom is 0.419 e. The highest BCUT2D eigenvalue weighted by Gasteiger charge is 2.36. The molecule has 0 bridgehead atoms. The van der Waals surface area contributed by atoms with Crippen molar-refractivity contribution in [3.05, 3.63) is 59.7 Å². The number of para-hydroxylation sites is 1. The SMILES string of the molecule is O=C(COc1ccc(CI)cc1)N1CCC(Oc2ccccc2C(F)(F)F)C1. The predicted octanol–water partition coefficient (Wildman–Crippen LogP) is 4.70. The smallest absolute Gasteiger partial charge is 0.419 e. The topological polar surface area (TPSA) is 38.8 Å². The molecular formula is C20H19F3INO3. The van der Waals surface area contributed by atoms with Crippen LogP contribution >= 0.6 is 22.6 Å². The summed E-state index contributed by atoms with van der Waals surface area (Å²) >= 11 is 2.26. The predicted molar refractivity (Wildman–Crippen MR) is 107 cm³/mol. The van der Waals surface area contributed by atoms with E-state index in [1.807, 2.05) is 24.3 Å². The van der Waals surface area contributed by atoms with Crippen molar-refractivity contribution in [1.29, 1.82) is 0 Å². The van der Waals surface area contributed by atoms with Crippen LogP contribution in [-0.2, 0) is 15.4 Å². The summed E-state index contributed by atoms with van der Waals surface area (Å²) in [7, 11) is 0. The highest BCUT2D eigenvalue weighted by atomic mass is 127. The van der Waals surface area contributed by atoms with Crippen molar-refractivity contribution in [2.75, 3.05) is 19.7 Å². The zero-order valence-corrected chi connectivity index (χ0v) is 17.1. The number of nitrogens with zero attached hydrogens (tertiary/aromatic N) is 1. The Hall–Kier alpha value is -1.97. The number of ether oxygens (including phenoxy) is 2. The van der Waals surface area contributed by atoms with Crippen LogP contribution in [0.3, 0.4) is 0 Å². The lowest BCUT2D eigenvalue weighted by Gasteiger charge is -2.19. The summed E-state index contributed by atoms with van der Waals surface area (Å²) in [4.78, 5) is 13.9. The number of carbonyl (C=O) groups is 1. The summed E-state index contributed by atoms with van der Waals surface area (Å²) in [6, 6.07) is 12.6. The van der Waals surface area contributed by atoms with E-state index in [1.165, 1.54) is 18.2 Å². The maximum absolute atomic E-state index is 13.1. The fraction of sp³-hybridized carbons (Fsp3) is 0.350. The Morgan fingerprint density at radius 1 is 1.14 bits per heavy atom. The van der Waals surface area contributed by atoms with Crippen LogP contribution in [0.1, 0.15) is 17.5 Å². The Kier molecular flexibility index (Phi) is 6.69. The molecule has 1 unspecified atom stereocenters. The summed E-state index contributed by atoms with van der Waals surface area (Å²) < 4.78 is 51.2. The van der Waals surface area contributed by atoms with Crippen LogP contribution < -0.4 is 9.47 Å². The summed E-state index contributed by atoms with van der Waals surface area (Å²) in [6.07, 6.45) is -4.48. The Morgan fingerprint density at radius 3 is 2.54 bits per heavy atom. The number of benzene rings is 2. The van der Waals surface area contributed by atoms with Gasteiger partial charge < -0.3 is 14.4 Å². The Balaban J connectivity index is 1.53. The van der Waals surface area contributed by atoms with Crippen molar-refractivity contribution >= 4 is 28.5 Å². The molecule has 0 aliphatic carbocycles. The van der Waals surface area contributed by atoms with Gasteiger partial charge >= 0.3 is 6.18 Å². The van der Waals surface area contributed by atoms with E-state index in [4.69, 9.17) is 9.47 Å². The molecule has 0 N–H and O–H groups in total. The average Bonchev–Trinajstić information content (AvgIpc) is 3.14. The first-order valence-corrected chi connectivity index (χ1v) is 10.3.